The van der Waals surface area contributed by atoms with Crippen molar-refractivity contribution in [2.24, 2.45) is 7.05 Å². The Kier molecular flexibility index (Phi) is 2.94. The number of nitrogens with zero attached hydrogens (tertiary/aromatic N) is 2. The lowest BCUT2D eigenvalue weighted by atomic mass is 9.88. The van der Waals surface area contributed by atoms with Crippen molar-refractivity contribution in [2.45, 2.75) is 51.6 Å². The van der Waals surface area contributed by atoms with Crippen LogP contribution in [0.25, 0.3) is 10.2 Å². The van der Waals surface area contributed by atoms with Crippen LogP contribution in [-0.2, 0) is 7.05 Å². The zero-order valence-electron chi connectivity index (χ0n) is 11.5. The van der Waals surface area contributed by atoms with E-state index in [1.165, 1.54) is 23.1 Å². The van der Waals surface area contributed by atoms with Gasteiger partial charge >= 0.3 is 0 Å². The van der Waals surface area contributed by atoms with Gasteiger partial charge in [-0.05, 0) is 45.6 Å². The Hall–Kier alpha value is -0.870. The molecule has 4 heteroatoms. The molecule has 2 atom stereocenters. The Bertz CT molecular complexity index is 524. The highest BCUT2D eigenvalue weighted by Gasteiger charge is 2.26. The van der Waals surface area contributed by atoms with Crippen LogP contribution in [0.15, 0.2) is 6.07 Å². The van der Waals surface area contributed by atoms with Crippen molar-refractivity contribution in [1.82, 2.24) is 15.1 Å². The van der Waals surface area contributed by atoms with E-state index in [9.17, 15) is 0 Å². The van der Waals surface area contributed by atoms with E-state index >= 15 is 0 Å². The number of hydrogen-bond acceptors (Lipinski definition) is 3. The molecular formula is C14H21N3S. The van der Waals surface area contributed by atoms with Gasteiger partial charge in [0.2, 0.25) is 0 Å². The van der Waals surface area contributed by atoms with Crippen molar-refractivity contribution < 1.29 is 0 Å². The molecule has 1 N–H and O–H groups in total. The summed E-state index contributed by atoms with van der Waals surface area (Å²) in [6.45, 7) is 6.69. The number of aromatic nitrogens is 2. The standard InChI is InChI=1S/C14H21N3S/c1-8-5-11(6-9(2)15-8)13-7-12-10(3)16-17(4)14(12)18-13/h7-9,11,15H,5-6H2,1-4H3. The smallest absolute Gasteiger partial charge is 0.121 e. The molecule has 0 amide bonds. The van der Waals surface area contributed by atoms with Gasteiger partial charge in [0.1, 0.15) is 4.83 Å². The van der Waals surface area contributed by atoms with Crippen LogP contribution < -0.4 is 5.32 Å². The topological polar surface area (TPSA) is 29.9 Å². The first kappa shape index (κ1) is 12.2. The molecule has 0 saturated carbocycles. The molecule has 3 heterocycles. The molecule has 2 aromatic rings. The quantitative estimate of drug-likeness (QED) is 0.856. The van der Waals surface area contributed by atoms with Gasteiger partial charge in [0, 0.05) is 29.4 Å². The highest BCUT2D eigenvalue weighted by Crippen LogP contribution is 2.38. The average Bonchev–Trinajstić information content (AvgIpc) is 2.80. The molecule has 2 aromatic heterocycles. The van der Waals surface area contributed by atoms with Gasteiger partial charge in [0.05, 0.1) is 5.69 Å². The van der Waals surface area contributed by atoms with Gasteiger partial charge in [-0.1, -0.05) is 0 Å². The number of piperidine rings is 1. The summed E-state index contributed by atoms with van der Waals surface area (Å²) in [7, 11) is 2.04. The number of fused-ring (bicyclic) bond motifs is 1. The van der Waals surface area contributed by atoms with Crippen molar-refractivity contribution in [1.29, 1.82) is 0 Å². The summed E-state index contributed by atoms with van der Waals surface area (Å²) in [6.07, 6.45) is 2.51. The lowest BCUT2D eigenvalue weighted by Crippen LogP contribution is -2.41. The van der Waals surface area contributed by atoms with Gasteiger partial charge in [0.15, 0.2) is 0 Å². The number of nitrogens with one attached hydrogen (secondary N) is 1. The Morgan fingerprint density at radius 3 is 2.61 bits per heavy atom. The summed E-state index contributed by atoms with van der Waals surface area (Å²) in [5.74, 6) is 0.716. The SMILES string of the molecule is Cc1nn(C)c2sc(C3CC(C)NC(C)C3)cc12. The van der Waals surface area contributed by atoms with E-state index in [1.807, 2.05) is 23.1 Å². The van der Waals surface area contributed by atoms with E-state index in [1.54, 1.807) is 4.88 Å². The number of hydrogen-bond donors (Lipinski definition) is 1. The summed E-state index contributed by atoms with van der Waals surface area (Å²) in [4.78, 5) is 2.86. The van der Waals surface area contributed by atoms with Crippen LogP contribution in [0.2, 0.25) is 0 Å². The van der Waals surface area contributed by atoms with E-state index in [0.717, 1.165) is 5.69 Å². The molecule has 1 aliphatic rings. The second kappa shape index (κ2) is 4.35. The zero-order valence-corrected chi connectivity index (χ0v) is 12.3. The molecule has 0 radical (unpaired) electrons. The normalized spacial score (nSPS) is 29.0. The van der Waals surface area contributed by atoms with Crippen molar-refractivity contribution in [2.75, 3.05) is 0 Å². The van der Waals surface area contributed by atoms with E-state index in [0.29, 0.717) is 18.0 Å². The van der Waals surface area contributed by atoms with Crippen LogP contribution in [-0.4, -0.2) is 21.9 Å². The fourth-order valence-electron chi connectivity index (χ4n) is 3.23. The van der Waals surface area contributed by atoms with Crippen LogP contribution >= 0.6 is 11.3 Å². The van der Waals surface area contributed by atoms with Gasteiger partial charge in [0.25, 0.3) is 0 Å². The average molecular weight is 263 g/mol. The van der Waals surface area contributed by atoms with Crippen molar-refractivity contribution >= 4 is 21.6 Å². The van der Waals surface area contributed by atoms with Crippen molar-refractivity contribution in [3.63, 3.8) is 0 Å². The fraction of sp³-hybridized carbons (Fsp3) is 0.643. The molecular weight excluding hydrogens is 242 g/mol. The summed E-state index contributed by atoms with van der Waals surface area (Å²) in [6, 6.07) is 3.63. The first-order valence-electron chi connectivity index (χ1n) is 6.73. The third-order valence-corrected chi connectivity index (χ3v) is 5.33. The highest BCUT2D eigenvalue weighted by molar-refractivity contribution is 7.18. The molecule has 1 saturated heterocycles. The summed E-state index contributed by atoms with van der Waals surface area (Å²) in [5.41, 5.74) is 1.16. The van der Waals surface area contributed by atoms with Crippen LogP contribution in [0, 0.1) is 6.92 Å². The largest absolute Gasteiger partial charge is 0.312 e. The fourth-order valence-corrected chi connectivity index (χ4v) is 4.48. The molecule has 0 aliphatic carbocycles. The maximum atomic E-state index is 4.48. The van der Waals surface area contributed by atoms with Crippen LogP contribution in [0.5, 0.6) is 0 Å². The molecule has 1 aliphatic heterocycles. The molecule has 0 bridgehead atoms. The lowest BCUT2D eigenvalue weighted by molar-refractivity contribution is 0.319. The summed E-state index contributed by atoms with van der Waals surface area (Å²) in [5, 5.41) is 9.44. The molecule has 3 rings (SSSR count). The zero-order chi connectivity index (χ0) is 12.9. The Morgan fingerprint density at radius 2 is 2.00 bits per heavy atom. The highest BCUT2D eigenvalue weighted by atomic mass is 32.1. The minimum atomic E-state index is 0.628. The van der Waals surface area contributed by atoms with Crippen LogP contribution in [0.4, 0.5) is 0 Å². The van der Waals surface area contributed by atoms with Gasteiger partial charge in [-0.3, -0.25) is 4.68 Å². The number of thiophene rings is 1. The van der Waals surface area contributed by atoms with E-state index < -0.39 is 0 Å². The number of rotatable bonds is 1. The molecule has 1 fully saturated rings. The van der Waals surface area contributed by atoms with E-state index in [-0.39, 0.29) is 0 Å². The molecule has 0 spiro atoms. The number of aryl methyl sites for hydroxylation is 2. The maximum Gasteiger partial charge on any atom is 0.121 e. The molecule has 98 valence electrons. The minimum absolute atomic E-state index is 0.628. The second-order valence-corrected chi connectivity index (χ2v) is 6.78. The van der Waals surface area contributed by atoms with Gasteiger partial charge in [-0.25, -0.2) is 0 Å². The monoisotopic (exact) mass is 263 g/mol. The third-order valence-electron chi connectivity index (χ3n) is 3.96. The molecule has 3 nitrogen and oxygen atoms in total. The van der Waals surface area contributed by atoms with Crippen molar-refractivity contribution in [3.05, 3.63) is 16.6 Å². The van der Waals surface area contributed by atoms with Gasteiger partial charge < -0.3 is 5.32 Å². The minimum Gasteiger partial charge on any atom is -0.312 e. The Labute approximate surface area is 112 Å². The first-order valence-corrected chi connectivity index (χ1v) is 7.55. The summed E-state index contributed by atoms with van der Waals surface area (Å²) >= 11 is 1.93. The Morgan fingerprint density at radius 1 is 1.33 bits per heavy atom. The molecule has 2 unspecified atom stereocenters. The third kappa shape index (κ3) is 1.97. The lowest BCUT2D eigenvalue weighted by Gasteiger charge is -2.32. The first-order chi connectivity index (χ1) is 8.54. The van der Waals surface area contributed by atoms with Crippen LogP contribution in [0.1, 0.15) is 43.2 Å². The Balaban J connectivity index is 1.96. The van der Waals surface area contributed by atoms with Gasteiger partial charge in [-0.2, -0.15) is 5.10 Å². The van der Waals surface area contributed by atoms with Gasteiger partial charge in [-0.15, -0.1) is 11.3 Å². The summed E-state index contributed by atoms with van der Waals surface area (Å²) < 4.78 is 2.02. The van der Waals surface area contributed by atoms with E-state index in [2.05, 4.69) is 37.3 Å². The predicted molar refractivity (Wildman–Crippen MR) is 77.4 cm³/mol. The second-order valence-electron chi connectivity index (χ2n) is 5.71. The predicted octanol–water partition coefficient (Wildman–Crippen LogP) is 3.19. The molecule has 18 heavy (non-hydrogen) atoms. The molecule has 0 aromatic carbocycles. The van der Waals surface area contributed by atoms with Crippen LogP contribution in [0.3, 0.4) is 0 Å². The van der Waals surface area contributed by atoms with Crippen molar-refractivity contribution in [3.8, 4) is 0 Å². The maximum absolute atomic E-state index is 4.48. The van der Waals surface area contributed by atoms with E-state index in [4.69, 9.17) is 0 Å².